The number of hydrogen-bond donors (Lipinski definition) is 1. The van der Waals surface area contributed by atoms with Gasteiger partial charge in [0, 0.05) is 20.4 Å². The molecule has 0 unspecified atom stereocenters. The normalized spacial score (nSPS) is 10.9. The lowest BCUT2D eigenvalue weighted by Gasteiger charge is -2.05. The molecule has 0 saturated heterocycles. The molecule has 0 saturated carbocycles. The second kappa shape index (κ2) is 7.50. The molecule has 4 nitrogen and oxygen atoms in total. The van der Waals surface area contributed by atoms with Crippen molar-refractivity contribution in [2.75, 3.05) is 5.32 Å². The molecular formula is C20H11Cl2IN2O2. The standard InChI is InChI=1S/C20H11Cl2IN2O2/c21-15-7-3-12(9-16(15)22)20-25-17-10-14(6-8-18(17)27-20)24-19(26)11-1-4-13(23)5-2-11/h1-10H,(H,24,26). The number of hydrogen-bond acceptors (Lipinski definition) is 3. The Kier molecular flexibility index (Phi) is 5.08. The van der Waals surface area contributed by atoms with Crippen molar-refractivity contribution in [3.05, 3.63) is 79.8 Å². The van der Waals surface area contributed by atoms with Crippen molar-refractivity contribution in [1.82, 2.24) is 4.98 Å². The average molecular weight is 509 g/mol. The molecule has 0 aliphatic rings. The molecule has 1 aromatic heterocycles. The first-order valence-corrected chi connectivity index (χ1v) is 9.76. The number of anilines is 1. The molecule has 7 heteroatoms. The van der Waals surface area contributed by atoms with E-state index in [0.717, 1.165) is 9.13 Å². The van der Waals surface area contributed by atoms with Gasteiger partial charge < -0.3 is 9.73 Å². The van der Waals surface area contributed by atoms with E-state index in [-0.39, 0.29) is 5.91 Å². The smallest absolute Gasteiger partial charge is 0.255 e. The minimum atomic E-state index is -0.182. The molecule has 0 bridgehead atoms. The third-order valence-corrected chi connectivity index (χ3v) is 5.38. The van der Waals surface area contributed by atoms with Gasteiger partial charge in [-0.15, -0.1) is 0 Å². The molecule has 4 aromatic rings. The molecule has 1 heterocycles. The second-order valence-electron chi connectivity index (χ2n) is 5.79. The van der Waals surface area contributed by atoms with Crippen molar-refractivity contribution in [3.63, 3.8) is 0 Å². The van der Waals surface area contributed by atoms with Crippen LogP contribution >= 0.6 is 45.8 Å². The van der Waals surface area contributed by atoms with Crippen molar-refractivity contribution in [1.29, 1.82) is 0 Å². The van der Waals surface area contributed by atoms with Crippen LogP contribution in [0.15, 0.2) is 65.1 Å². The fourth-order valence-electron chi connectivity index (χ4n) is 2.56. The fourth-order valence-corrected chi connectivity index (χ4v) is 3.22. The number of nitrogens with zero attached hydrogens (tertiary/aromatic N) is 1. The zero-order valence-electron chi connectivity index (χ0n) is 13.7. The third-order valence-electron chi connectivity index (χ3n) is 3.92. The van der Waals surface area contributed by atoms with Gasteiger partial charge in [0.15, 0.2) is 5.58 Å². The summed E-state index contributed by atoms with van der Waals surface area (Å²) >= 11 is 14.2. The molecule has 0 aliphatic heterocycles. The van der Waals surface area contributed by atoms with Gasteiger partial charge in [0.2, 0.25) is 5.89 Å². The van der Waals surface area contributed by atoms with Crippen molar-refractivity contribution in [3.8, 4) is 11.5 Å². The monoisotopic (exact) mass is 508 g/mol. The Labute approximate surface area is 178 Å². The average Bonchev–Trinajstić information content (AvgIpc) is 3.08. The summed E-state index contributed by atoms with van der Waals surface area (Å²) in [5, 5.41) is 3.78. The molecule has 0 aliphatic carbocycles. The Morgan fingerprint density at radius 1 is 0.963 bits per heavy atom. The number of fused-ring (bicyclic) bond motifs is 1. The first kappa shape index (κ1) is 18.3. The predicted molar refractivity (Wildman–Crippen MR) is 117 cm³/mol. The van der Waals surface area contributed by atoms with Gasteiger partial charge >= 0.3 is 0 Å². The van der Waals surface area contributed by atoms with E-state index < -0.39 is 0 Å². The molecule has 4 rings (SSSR count). The Morgan fingerprint density at radius 2 is 1.74 bits per heavy atom. The quantitative estimate of drug-likeness (QED) is 0.315. The van der Waals surface area contributed by atoms with Gasteiger partial charge in [0.25, 0.3) is 5.91 Å². The van der Waals surface area contributed by atoms with Crippen LogP contribution in [0.1, 0.15) is 10.4 Å². The van der Waals surface area contributed by atoms with Crippen LogP contribution in [0, 0.1) is 3.57 Å². The van der Waals surface area contributed by atoms with E-state index in [1.807, 2.05) is 12.1 Å². The highest BCUT2D eigenvalue weighted by atomic mass is 127. The third kappa shape index (κ3) is 3.95. The SMILES string of the molecule is O=C(Nc1ccc2oc(-c3ccc(Cl)c(Cl)c3)nc2c1)c1ccc(I)cc1. The zero-order chi connectivity index (χ0) is 19.0. The predicted octanol–water partition coefficient (Wildman–Crippen LogP) is 6.66. The Bertz CT molecular complexity index is 1160. The molecule has 0 atom stereocenters. The maximum atomic E-state index is 12.4. The number of nitrogens with one attached hydrogen (secondary N) is 1. The van der Waals surface area contributed by atoms with E-state index in [9.17, 15) is 4.79 Å². The summed E-state index contributed by atoms with van der Waals surface area (Å²) in [6.45, 7) is 0. The lowest BCUT2D eigenvalue weighted by Crippen LogP contribution is -2.11. The number of benzene rings is 3. The highest BCUT2D eigenvalue weighted by Crippen LogP contribution is 2.30. The number of rotatable bonds is 3. The molecule has 134 valence electrons. The van der Waals surface area contributed by atoms with Crippen LogP contribution in [0.5, 0.6) is 0 Å². The van der Waals surface area contributed by atoms with E-state index in [1.165, 1.54) is 0 Å². The van der Waals surface area contributed by atoms with Crippen molar-refractivity contribution in [2.24, 2.45) is 0 Å². The number of halogens is 3. The van der Waals surface area contributed by atoms with Crippen LogP contribution in [-0.4, -0.2) is 10.9 Å². The Morgan fingerprint density at radius 3 is 2.48 bits per heavy atom. The highest BCUT2D eigenvalue weighted by Gasteiger charge is 2.12. The summed E-state index contributed by atoms with van der Waals surface area (Å²) in [7, 11) is 0. The summed E-state index contributed by atoms with van der Waals surface area (Å²) in [6.07, 6.45) is 0. The van der Waals surface area contributed by atoms with Crippen LogP contribution in [0.25, 0.3) is 22.6 Å². The number of carbonyl (C=O) groups excluding carboxylic acids is 1. The fraction of sp³-hybridized carbons (Fsp3) is 0. The van der Waals surface area contributed by atoms with Gasteiger partial charge in [-0.3, -0.25) is 4.79 Å². The maximum absolute atomic E-state index is 12.4. The molecule has 3 aromatic carbocycles. The summed E-state index contributed by atoms with van der Waals surface area (Å²) in [5.41, 5.74) is 3.21. The molecule has 27 heavy (non-hydrogen) atoms. The van der Waals surface area contributed by atoms with Gasteiger partial charge in [0.05, 0.1) is 10.0 Å². The van der Waals surface area contributed by atoms with Crippen LogP contribution < -0.4 is 5.32 Å². The summed E-state index contributed by atoms with van der Waals surface area (Å²) < 4.78 is 6.85. The van der Waals surface area contributed by atoms with Gasteiger partial charge in [-0.05, 0) is 83.3 Å². The van der Waals surface area contributed by atoms with Crippen molar-refractivity contribution in [2.45, 2.75) is 0 Å². The van der Waals surface area contributed by atoms with Gasteiger partial charge in [-0.1, -0.05) is 23.2 Å². The van der Waals surface area contributed by atoms with Gasteiger partial charge in [-0.25, -0.2) is 4.98 Å². The topological polar surface area (TPSA) is 55.1 Å². The van der Waals surface area contributed by atoms with Crippen LogP contribution in [0.2, 0.25) is 10.0 Å². The molecule has 1 N–H and O–H groups in total. The molecule has 0 fully saturated rings. The van der Waals surface area contributed by atoms with Gasteiger partial charge in [-0.2, -0.15) is 0 Å². The van der Waals surface area contributed by atoms with Crippen LogP contribution in [-0.2, 0) is 0 Å². The molecule has 0 radical (unpaired) electrons. The number of aromatic nitrogens is 1. The van der Waals surface area contributed by atoms with E-state index in [2.05, 4.69) is 32.9 Å². The molecular weight excluding hydrogens is 498 g/mol. The van der Waals surface area contributed by atoms with E-state index in [4.69, 9.17) is 27.6 Å². The summed E-state index contributed by atoms with van der Waals surface area (Å²) in [5.74, 6) is 0.253. The zero-order valence-corrected chi connectivity index (χ0v) is 17.3. The number of amides is 1. The lowest BCUT2D eigenvalue weighted by molar-refractivity contribution is 0.102. The molecule has 0 spiro atoms. The lowest BCUT2D eigenvalue weighted by atomic mass is 10.2. The maximum Gasteiger partial charge on any atom is 0.255 e. The van der Waals surface area contributed by atoms with Crippen molar-refractivity contribution < 1.29 is 9.21 Å². The van der Waals surface area contributed by atoms with E-state index >= 15 is 0 Å². The van der Waals surface area contributed by atoms with Gasteiger partial charge in [0.1, 0.15) is 5.52 Å². The minimum absolute atomic E-state index is 0.182. The van der Waals surface area contributed by atoms with Crippen LogP contribution in [0.4, 0.5) is 5.69 Å². The van der Waals surface area contributed by atoms with Crippen LogP contribution in [0.3, 0.4) is 0 Å². The summed E-state index contributed by atoms with van der Waals surface area (Å²) in [6, 6.07) is 17.9. The minimum Gasteiger partial charge on any atom is -0.436 e. The second-order valence-corrected chi connectivity index (χ2v) is 7.85. The largest absolute Gasteiger partial charge is 0.436 e. The Hall–Kier alpha value is -2.09. The van der Waals surface area contributed by atoms with Crippen molar-refractivity contribution >= 4 is 68.5 Å². The van der Waals surface area contributed by atoms with E-state index in [0.29, 0.717) is 38.3 Å². The highest BCUT2D eigenvalue weighted by molar-refractivity contribution is 14.1. The number of carbonyl (C=O) groups is 1. The van der Waals surface area contributed by atoms with E-state index in [1.54, 1.807) is 48.5 Å². The first-order chi connectivity index (χ1) is 13.0. The molecule has 1 amide bonds. The Balaban J connectivity index is 1.61. The first-order valence-electron chi connectivity index (χ1n) is 7.92. The number of oxazole rings is 1. The summed E-state index contributed by atoms with van der Waals surface area (Å²) in [4.78, 5) is 16.9.